The minimum absolute atomic E-state index is 0.260. The number of benzene rings is 1. The van der Waals surface area contributed by atoms with E-state index in [1.165, 1.54) is 0 Å². The maximum Gasteiger partial charge on any atom is 0.337 e. The van der Waals surface area contributed by atoms with Crippen LogP contribution in [-0.2, 0) is 9.59 Å². The van der Waals surface area contributed by atoms with E-state index in [1.54, 1.807) is 6.07 Å². The number of nitrogens with one attached hydrogen (secondary N) is 3. The molecule has 1 saturated carbocycles. The second-order valence-electron chi connectivity index (χ2n) is 5.77. The average molecular weight is 319 g/mol. The molecule has 7 nitrogen and oxygen atoms in total. The summed E-state index contributed by atoms with van der Waals surface area (Å²) in [6.45, 7) is 1.87. The number of urea groups is 1. The molecule has 0 spiro atoms. The Morgan fingerprint density at radius 2 is 1.61 bits per heavy atom. The summed E-state index contributed by atoms with van der Waals surface area (Å²) in [5, 5.41) is 11.6. The van der Waals surface area contributed by atoms with Crippen LogP contribution >= 0.6 is 0 Å². The molecule has 0 radical (unpaired) electrons. The van der Waals surface area contributed by atoms with Gasteiger partial charge < -0.3 is 10.4 Å². The minimum Gasteiger partial charge on any atom is -0.481 e. The molecule has 1 fully saturated rings. The van der Waals surface area contributed by atoms with Crippen molar-refractivity contribution in [3.05, 3.63) is 29.8 Å². The Morgan fingerprint density at radius 3 is 2.22 bits per heavy atom. The SMILES string of the molecule is Cc1ccccc1NC(=O)NNC(=O)C1CCC(C(=O)O)CC1. The molecule has 0 saturated heterocycles. The summed E-state index contributed by atoms with van der Waals surface area (Å²) in [4.78, 5) is 34.7. The van der Waals surface area contributed by atoms with Gasteiger partial charge in [0, 0.05) is 11.6 Å². The van der Waals surface area contributed by atoms with Gasteiger partial charge in [0.15, 0.2) is 0 Å². The van der Waals surface area contributed by atoms with Crippen LogP contribution in [-0.4, -0.2) is 23.0 Å². The Hall–Kier alpha value is -2.57. The largest absolute Gasteiger partial charge is 0.481 e. The van der Waals surface area contributed by atoms with Gasteiger partial charge in [0.05, 0.1) is 5.92 Å². The first-order valence-corrected chi connectivity index (χ1v) is 7.62. The van der Waals surface area contributed by atoms with E-state index in [9.17, 15) is 14.4 Å². The highest BCUT2D eigenvalue weighted by atomic mass is 16.4. The van der Waals surface area contributed by atoms with Crippen LogP contribution in [0.4, 0.5) is 10.5 Å². The summed E-state index contributed by atoms with van der Waals surface area (Å²) < 4.78 is 0. The summed E-state index contributed by atoms with van der Waals surface area (Å²) >= 11 is 0. The highest BCUT2D eigenvalue weighted by molar-refractivity contribution is 5.91. The molecule has 124 valence electrons. The van der Waals surface area contributed by atoms with E-state index < -0.39 is 12.0 Å². The standard InChI is InChI=1S/C16H21N3O4/c1-10-4-2-3-5-13(10)17-16(23)19-18-14(20)11-6-8-12(9-7-11)15(21)22/h2-5,11-12H,6-9H2,1H3,(H,18,20)(H,21,22)(H2,17,19,23). The topological polar surface area (TPSA) is 108 Å². The van der Waals surface area contributed by atoms with Crippen molar-refractivity contribution >= 4 is 23.6 Å². The van der Waals surface area contributed by atoms with Gasteiger partial charge in [0.25, 0.3) is 0 Å². The van der Waals surface area contributed by atoms with Gasteiger partial charge in [0.2, 0.25) is 5.91 Å². The van der Waals surface area contributed by atoms with Gasteiger partial charge in [-0.3, -0.25) is 15.0 Å². The molecule has 1 aliphatic carbocycles. The molecule has 3 amide bonds. The number of anilines is 1. The maximum atomic E-state index is 12.0. The number of carboxylic acids is 1. The highest BCUT2D eigenvalue weighted by Gasteiger charge is 2.29. The van der Waals surface area contributed by atoms with Crippen molar-refractivity contribution in [1.29, 1.82) is 0 Å². The number of rotatable bonds is 3. The van der Waals surface area contributed by atoms with E-state index in [-0.39, 0.29) is 17.7 Å². The van der Waals surface area contributed by atoms with Crippen LogP contribution in [0.3, 0.4) is 0 Å². The number of amides is 3. The van der Waals surface area contributed by atoms with Crippen molar-refractivity contribution in [1.82, 2.24) is 10.9 Å². The van der Waals surface area contributed by atoms with Crippen LogP contribution in [0.5, 0.6) is 0 Å². The second kappa shape index (κ2) is 7.62. The monoisotopic (exact) mass is 319 g/mol. The van der Waals surface area contributed by atoms with Gasteiger partial charge in [-0.1, -0.05) is 18.2 Å². The summed E-state index contributed by atoms with van der Waals surface area (Å²) in [6.07, 6.45) is 2.01. The lowest BCUT2D eigenvalue weighted by atomic mass is 9.82. The van der Waals surface area contributed by atoms with Crippen LogP contribution in [0.1, 0.15) is 31.2 Å². The van der Waals surface area contributed by atoms with Crippen LogP contribution in [0.25, 0.3) is 0 Å². The summed E-state index contributed by atoms with van der Waals surface area (Å²) in [6, 6.07) is 6.79. The molecule has 0 aromatic heterocycles. The molecular weight excluding hydrogens is 298 g/mol. The van der Waals surface area contributed by atoms with Crippen molar-refractivity contribution in [2.75, 3.05) is 5.32 Å². The first kappa shape index (κ1) is 16.8. The van der Waals surface area contributed by atoms with E-state index in [0.717, 1.165) is 5.56 Å². The fraction of sp³-hybridized carbons (Fsp3) is 0.438. The van der Waals surface area contributed by atoms with Gasteiger partial charge in [0.1, 0.15) is 0 Å². The smallest absolute Gasteiger partial charge is 0.337 e. The predicted molar refractivity (Wildman–Crippen MR) is 84.6 cm³/mol. The zero-order valence-electron chi connectivity index (χ0n) is 13.0. The molecule has 2 rings (SSSR count). The van der Waals surface area contributed by atoms with E-state index in [4.69, 9.17) is 5.11 Å². The number of hydrogen-bond donors (Lipinski definition) is 4. The number of hydrogen-bond acceptors (Lipinski definition) is 3. The second-order valence-corrected chi connectivity index (χ2v) is 5.77. The van der Waals surface area contributed by atoms with Crippen LogP contribution in [0.15, 0.2) is 24.3 Å². The molecule has 0 aliphatic heterocycles. The third-order valence-electron chi connectivity index (χ3n) is 4.14. The molecule has 0 atom stereocenters. The molecule has 4 N–H and O–H groups in total. The van der Waals surface area contributed by atoms with Crippen molar-refractivity contribution in [2.24, 2.45) is 11.8 Å². The third-order valence-corrected chi connectivity index (χ3v) is 4.14. The third kappa shape index (κ3) is 4.70. The van der Waals surface area contributed by atoms with Crippen LogP contribution in [0.2, 0.25) is 0 Å². The van der Waals surface area contributed by atoms with Crippen molar-refractivity contribution < 1.29 is 19.5 Å². The number of hydrazine groups is 1. The van der Waals surface area contributed by atoms with Crippen LogP contribution < -0.4 is 16.2 Å². The van der Waals surface area contributed by atoms with E-state index in [1.807, 2.05) is 25.1 Å². The summed E-state index contributed by atoms with van der Waals surface area (Å²) in [5.74, 6) is -1.71. The number of para-hydroxylation sites is 1. The maximum absolute atomic E-state index is 12.0. The molecule has 1 aliphatic rings. The summed E-state index contributed by atoms with van der Waals surface area (Å²) in [7, 11) is 0. The minimum atomic E-state index is -0.806. The zero-order valence-corrected chi connectivity index (χ0v) is 13.0. The summed E-state index contributed by atoms with van der Waals surface area (Å²) in [5.41, 5.74) is 6.30. The van der Waals surface area contributed by atoms with Crippen molar-refractivity contribution in [3.8, 4) is 0 Å². The predicted octanol–water partition coefficient (Wildman–Crippen LogP) is 2.04. The normalized spacial score (nSPS) is 20.4. The number of carboxylic acid groups (broad SMARTS) is 1. The van der Waals surface area contributed by atoms with Crippen molar-refractivity contribution in [3.63, 3.8) is 0 Å². The van der Waals surface area contributed by atoms with Crippen molar-refractivity contribution in [2.45, 2.75) is 32.6 Å². The molecule has 0 bridgehead atoms. The number of carbonyl (C=O) groups is 3. The Balaban J connectivity index is 1.75. The first-order valence-electron chi connectivity index (χ1n) is 7.62. The lowest BCUT2D eigenvalue weighted by molar-refractivity contribution is -0.144. The fourth-order valence-electron chi connectivity index (χ4n) is 2.69. The Bertz CT molecular complexity index is 595. The molecule has 0 unspecified atom stereocenters. The first-order chi connectivity index (χ1) is 11.0. The highest BCUT2D eigenvalue weighted by Crippen LogP contribution is 2.28. The van der Waals surface area contributed by atoms with E-state index >= 15 is 0 Å². The molecule has 1 aromatic carbocycles. The molecule has 1 aromatic rings. The van der Waals surface area contributed by atoms with E-state index in [0.29, 0.717) is 31.4 Å². The van der Waals surface area contributed by atoms with Gasteiger partial charge >= 0.3 is 12.0 Å². The van der Waals surface area contributed by atoms with Crippen LogP contribution in [0, 0.1) is 18.8 Å². The zero-order chi connectivity index (χ0) is 16.8. The lowest BCUT2D eigenvalue weighted by Crippen LogP contribution is -2.47. The molecule has 23 heavy (non-hydrogen) atoms. The van der Waals surface area contributed by atoms with Gasteiger partial charge in [-0.25, -0.2) is 10.2 Å². The van der Waals surface area contributed by atoms with Gasteiger partial charge in [-0.15, -0.1) is 0 Å². The number of aryl methyl sites for hydroxylation is 1. The Kier molecular flexibility index (Phi) is 5.56. The quantitative estimate of drug-likeness (QED) is 0.639. The van der Waals surface area contributed by atoms with E-state index in [2.05, 4.69) is 16.2 Å². The molecular formula is C16H21N3O4. The fourth-order valence-corrected chi connectivity index (χ4v) is 2.69. The van der Waals surface area contributed by atoms with Gasteiger partial charge in [-0.2, -0.15) is 0 Å². The molecule has 7 heteroatoms. The number of aliphatic carboxylic acids is 1. The van der Waals surface area contributed by atoms with Gasteiger partial charge in [-0.05, 0) is 44.2 Å². The average Bonchev–Trinajstić information content (AvgIpc) is 2.55. The Morgan fingerprint density at radius 1 is 1.00 bits per heavy atom. The Labute approximate surface area is 134 Å². The number of carbonyl (C=O) groups excluding carboxylic acids is 2. The lowest BCUT2D eigenvalue weighted by Gasteiger charge is -2.25. The molecule has 0 heterocycles.